The molecule has 0 unspecified atom stereocenters. The van der Waals surface area contributed by atoms with Crippen LogP contribution in [0.1, 0.15) is 25.7 Å². The van der Waals surface area contributed by atoms with E-state index in [2.05, 4.69) is 33.8 Å². The topological polar surface area (TPSA) is 17.8 Å². The number of rotatable bonds is 2. The van der Waals surface area contributed by atoms with Crippen molar-refractivity contribution < 1.29 is 0 Å². The Bertz CT molecular complexity index is 522. The van der Waals surface area contributed by atoms with E-state index >= 15 is 0 Å². The second kappa shape index (κ2) is 4.12. The molecule has 16 heavy (non-hydrogen) atoms. The molecule has 0 spiro atoms. The van der Waals surface area contributed by atoms with Crippen molar-refractivity contribution in [2.75, 3.05) is 0 Å². The van der Waals surface area contributed by atoms with E-state index in [0.29, 0.717) is 0 Å². The van der Waals surface area contributed by atoms with Crippen molar-refractivity contribution in [2.24, 2.45) is 0 Å². The number of aromatic nitrogens is 2. The van der Waals surface area contributed by atoms with E-state index in [9.17, 15) is 0 Å². The lowest BCUT2D eigenvalue weighted by Gasteiger charge is -2.13. The van der Waals surface area contributed by atoms with Crippen LogP contribution in [0.5, 0.6) is 0 Å². The van der Waals surface area contributed by atoms with Gasteiger partial charge in [-0.15, -0.1) is 0 Å². The van der Waals surface area contributed by atoms with Crippen LogP contribution in [-0.2, 0) is 6.54 Å². The highest BCUT2D eigenvalue weighted by Crippen LogP contribution is 2.21. The third kappa shape index (κ3) is 1.75. The number of imidazole rings is 1. The Kier molecular flexibility index (Phi) is 2.49. The Hall–Kier alpha value is -1.57. The van der Waals surface area contributed by atoms with Crippen molar-refractivity contribution in [3.63, 3.8) is 0 Å². The van der Waals surface area contributed by atoms with Crippen LogP contribution in [0, 0.1) is 0 Å². The fraction of sp³-hybridized carbons (Fsp3) is 0.357. The number of hydrogen-bond acceptors (Lipinski definition) is 1. The molecule has 2 heteroatoms. The van der Waals surface area contributed by atoms with Crippen LogP contribution < -0.4 is 0 Å². The zero-order chi connectivity index (χ0) is 10.8. The lowest BCUT2D eigenvalue weighted by Crippen LogP contribution is -2.02. The molecule has 1 aromatic carbocycles. The highest BCUT2D eigenvalue weighted by molar-refractivity contribution is 5.75. The molecule has 2 nitrogen and oxygen atoms in total. The summed E-state index contributed by atoms with van der Waals surface area (Å²) in [5.74, 6) is 0. The molecule has 0 atom stereocenters. The predicted octanol–water partition coefficient (Wildman–Crippen LogP) is 3.54. The van der Waals surface area contributed by atoms with Gasteiger partial charge in [-0.3, -0.25) is 0 Å². The van der Waals surface area contributed by atoms with Crippen molar-refractivity contribution in [3.8, 4) is 0 Å². The molecule has 0 fully saturated rings. The van der Waals surface area contributed by atoms with Gasteiger partial charge >= 0.3 is 0 Å². The summed E-state index contributed by atoms with van der Waals surface area (Å²) in [6, 6.07) is 8.34. The van der Waals surface area contributed by atoms with E-state index in [1.54, 1.807) is 5.57 Å². The summed E-state index contributed by atoms with van der Waals surface area (Å²) in [5.41, 5.74) is 3.90. The Morgan fingerprint density at radius 1 is 1.19 bits per heavy atom. The third-order valence-corrected chi connectivity index (χ3v) is 3.29. The average Bonchev–Trinajstić information content (AvgIpc) is 2.74. The quantitative estimate of drug-likeness (QED) is 0.696. The summed E-state index contributed by atoms with van der Waals surface area (Å²) < 4.78 is 2.26. The summed E-state index contributed by atoms with van der Waals surface area (Å²) in [5, 5.41) is 0. The molecule has 1 aliphatic rings. The smallest absolute Gasteiger partial charge is 0.0961 e. The summed E-state index contributed by atoms with van der Waals surface area (Å²) in [7, 11) is 0. The lowest BCUT2D eigenvalue weighted by atomic mass is 10.00. The largest absolute Gasteiger partial charge is 0.326 e. The van der Waals surface area contributed by atoms with Gasteiger partial charge in [0.05, 0.1) is 17.4 Å². The third-order valence-electron chi connectivity index (χ3n) is 3.29. The van der Waals surface area contributed by atoms with Crippen molar-refractivity contribution >= 4 is 11.0 Å². The van der Waals surface area contributed by atoms with E-state index in [0.717, 1.165) is 12.1 Å². The van der Waals surface area contributed by atoms with Crippen LogP contribution in [-0.4, -0.2) is 9.55 Å². The molecule has 1 heterocycles. The van der Waals surface area contributed by atoms with Gasteiger partial charge < -0.3 is 4.57 Å². The predicted molar refractivity (Wildman–Crippen MR) is 66.3 cm³/mol. The minimum absolute atomic E-state index is 1.01. The maximum Gasteiger partial charge on any atom is 0.0961 e. The van der Waals surface area contributed by atoms with Gasteiger partial charge in [-0.2, -0.15) is 0 Å². The average molecular weight is 212 g/mol. The van der Waals surface area contributed by atoms with Crippen molar-refractivity contribution in [2.45, 2.75) is 32.2 Å². The first-order chi connectivity index (χ1) is 7.93. The maximum atomic E-state index is 4.42. The molecule has 0 radical (unpaired) electrons. The molecule has 2 aromatic rings. The minimum Gasteiger partial charge on any atom is -0.326 e. The molecule has 3 rings (SSSR count). The molecular formula is C14H16N2. The van der Waals surface area contributed by atoms with Gasteiger partial charge in [0.1, 0.15) is 0 Å². The number of nitrogens with zero attached hydrogens (tertiary/aromatic N) is 2. The van der Waals surface area contributed by atoms with Gasteiger partial charge in [0.25, 0.3) is 0 Å². The number of benzene rings is 1. The van der Waals surface area contributed by atoms with Crippen molar-refractivity contribution in [1.82, 2.24) is 9.55 Å². The SMILES string of the molecule is C1=C(Cn2cnc3ccccc32)CCCC1. The second-order valence-corrected chi connectivity index (χ2v) is 4.47. The molecule has 0 saturated carbocycles. The fourth-order valence-corrected chi connectivity index (χ4v) is 2.40. The second-order valence-electron chi connectivity index (χ2n) is 4.47. The van der Waals surface area contributed by atoms with E-state index in [1.165, 1.54) is 31.2 Å². The van der Waals surface area contributed by atoms with Gasteiger partial charge in [0.15, 0.2) is 0 Å². The van der Waals surface area contributed by atoms with Gasteiger partial charge in [-0.05, 0) is 37.8 Å². The Morgan fingerprint density at radius 3 is 3.00 bits per heavy atom. The van der Waals surface area contributed by atoms with Crippen LogP contribution >= 0.6 is 0 Å². The summed E-state index contributed by atoms with van der Waals surface area (Å²) in [4.78, 5) is 4.42. The Labute approximate surface area is 95.6 Å². The zero-order valence-electron chi connectivity index (χ0n) is 9.39. The molecule has 1 aromatic heterocycles. The Morgan fingerprint density at radius 2 is 2.12 bits per heavy atom. The number of para-hydroxylation sites is 2. The molecule has 0 aliphatic heterocycles. The van der Waals surface area contributed by atoms with Crippen LogP contribution in [0.2, 0.25) is 0 Å². The monoisotopic (exact) mass is 212 g/mol. The summed E-state index contributed by atoms with van der Waals surface area (Å²) in [6.45, 7) is 1.01. The highest BCUT2D eigenvalue weighted by Gasteiger charge is 2.06. The van der Waals surface area contributed by atoms with Crippen molar-refractivity contribution in [1.29, 1.82) is 0 Å². The first-order valence-corrected chi connectivity index (χ1v) is 6.01. The lowest BCUT2D eigenvalue weighted by molar-refractivity contribution is 0.651. The first-order valence-electron chi connectivity index (χ1n) is 6.01. The van der Waals surface area contributed by atoms with Gasteiger partial charge in [-0.25, -0.2) is 4.98 Å². The van der Waals surface area contributed by atoms with E-state index in [1.807, 2.05) is 12.4 Å². The van der Waals surface area contributed by atoms with Gasteiger partial charge in [0, 0.05) is 6.54 Å². The molecule has 0 amide bonds. The van der Waals surface area contributed by atoms with Crippen LogP contribution in [0.15, 0.2) is 42.2 Å². The number of allylic oxidation sites excluding steroid dienone is 2. The zero-order valence-corrected chi connectivity index (χ0v) is 9.39. The standard InChI is InChI=1S/C14H16N2/c1-2-6-12(7-3-1)10-16-11-15-13-8-4-5-9-14(13)16/h4-6,8-9,11H,1-3,7,10H2. The maximum absolute atomic E-state index is 4.42. The molecule has 1 aliphatic carbocycles. The van der Waals surface area contributed by atoms with E-state index in [-0.39, 0.29) is 0 Å². The van der Waals surface area contributed by atoms with Gasteiger partial charge in [0.2, 0.25) is 0 Å². The van der Waals surface area contributed by atoms with Crippen LogP contribution in [0.4, 0.5) is 0 Å². The Balaban J connectivity index is 1.91. The molecular weight excluding hydrogens is 196 g/mol. The van der Waals surface area contributed by atoms with Crippen LogP contribution in [0.25, 0.3) is 11.0 Å². The normalized spacial score (nSPS) is 16.4. The molecule has 82 valence electrons. The molecule has 0 saturated heterocycles. The number of fused-ring (bicyclic) bond motifs is 1. The minimum atomic E-state index is 1.01. The molecule has 0 N–H and O–H groups in total. The number of hydrogen-bond donors (Lipinski definition) is 0. The molecule has 0 bridgehead atoms. The first kappa shape index (κ1) is 9.64. The van der Waals surface area contributed by atoms with E-state index < -0.39 is 0 Å². The summed E-state index contributed by atoms with van der Waals surface area (Å²) >= 11 is 0. The van der Waals surface area contributed by atoms with E-state index in [4.69, 9.17) is 0 Å². The fourth-order valence-electron chi connectivity index (χ4n) is 2.40. The van der Waals surface area contributed by atoms with Gasteiger partial charge in [-0.1, -0.05) is 23.8 Å². The van der Waals surface area contributed by atoms with Crippen LogP contribution in [0.3, 0.4) is 0 Å². The van der Waals surface area contributed by atoms with Crippen molar-refractivity contribution in [3.05, 3.63) is 42.2 Å². The highest BCUT2D eigenvalue weighted by atomic mass is 15.0. The summed E-state index contributed by atoms with van der Waals surface area (Å²) in [6.07, 6.45) is 9.57.